The summed E-state index contributed by atoms with van der Waals surface area (Å²) < 4.78 is 6.09. The Bertz CT molecular complexity index is 680. The van der Waals surface area contributed by atoms with Crippen LogP contribution >= 0.6 is 15.9 Å². The fourth-order valence-electron chi connectivity index (χ4n) is 4.07. The monoisotopic (exact) mass is 450 g/mol. The quantitative estimate of drug-likeness (QED) is 0.310. The number of imide groups is 1. The maximum Gasteiger partial charge on any atom is 0.243 e. The van der Waals surface area contributed by atoms with Gasteiger partial charge >= 0.3 is 0 Å². The number of nitrogens with zero attached hydrogens (tertiary/aromatic N) is 1. The number of rotatable bonds is 11. The molecule has 5 nitrogen and oxygen atoms in total. The van der Waals surface area contributed by atoms with Crippen molar-refractivity contribution in [2.24, 2.45) is 0 Å². The van der Waals surface area contributed by atoms with Crippen LogP contribution in [0.5, 0.6) is 5.75 Å². The number of hydrogen-bond acceptors (Lipinski definition) is 4. The molecule has 0 aliphatic carbocycles. The fraction of sp³-hybridized carbons (Fsp3) is 0.636. The molecule has 3 rings (SSSR count). The van der Waals surface area contributed by atoms with Crippen molar-refractivity contribution in [1.82, 2.24) is 10.2 Å². The van der Waals surface area contributed by atoms with Gasteiger partial charge in [0.25, 0.3) is 0 Å². The van der Waals surface area contributed by atoms with Crippen molar-refractivity contribution in [2.75, 3.05) is 11.9 Å². The molecule has 0 spiro atoms. The molecule has 1 fully saturated rings. The Kier molecular flexibility index (Phi) is 8.34. The van der Waals surface area contributed by atoms with Gasteiger partial charge in [0, 0.05) is 30.4 Å². The number of carbonyl (C=O) groups is 2. The summed E-state index contributed by atoms with van der Waals surface area (Å²) in [7, 11) is 0. The molecule has 2 heterocycles. The van der Waals surface area contributed by atoms with Crippen LogP contribution in [0.4, 0.5) is 0 Å². The number of benzene rings is 1. The Hall–Kier alpha value is -1.40. The van der Waals surface area contributed by atoms with Crippen molar-refractivity contribution in [1.29, 1.82) is 0 Å². The van der Waals surface area contributed by atoms with Crippen LogP contribution < -0.4 is 10.1 Å². The van der Waals surface area contributed by atoms with Crippen LogP contribution in [-0.4, -0.2) is 34.7 Å². The highest BCUT2D eigenvalue weighted by atomic mass is 79.9. The molecular formula is C22H31BrN2O3. The number of hydrogen-bond donors (Lipinski definition) is 1. The Labute approximate surface area is 176 Å². The van der Waals surface area contributed by atoms with Crippen molar-refractivity contribution in [3.63, 3.8) is 0 Å². The van der Waals surface area contributed by atoms with E-state index < -0.39 is 0 Å². The minimum atomic E-state index is -0.220. The summed E-state index contributed by atoms with van der Waals surface area (Å²) in [5.41, 5.74) is 2.43. The third-order valence-corrected chi connectivity index (χ3v) is 6.21. The summed E-state index contributed by atoms with van der Waals surface area (Å²) >= 11 is 3.47. The normalized spacial score (nSPS) is 19.5. The summed E-state index contributed by atoms with van der Waals surface area (Å²) in [5, 5.41) is 3.58. The second-order valence-corrected chi connectivity index (χ2v) is 8.57. The molecule has 0 saturated carbocycles. The molecule has 1 saturated heterocycles. The standard InChI is InChI=1S/C22H31BrN2O3/c23-13-6-4-2-1-3-5-7-14-28-20-10-8-9-17-15-25(16-18(17)20)19-11-12-21(26)24-22(19)27/h8-10,19H,1-7,11-16H2,(H,24,26,27). The Morgan fingerprint density at radius 1 is 1.04 bits per heavy atom. The number of amides is 2. The molecule has 2 aliphatic heterocycles. The van der Waals surface area contributed by atoms with E-state index in [0.717, 1.165) is 30.7 Å². The summed E-state index contributed by atoms with van der Waals surface area (Å²) in [6.07, 6.45) is 9.84. The molecule has 0 bridgehead atoms. The number of ether oxygens (including phenoxy) is 1. The topological polar surface area (TPSA) is 58.6 Å². The lowest BCUT2D eigenvalue weighted by Crippen LogP contribution is -2.50. The maximum atomic E-state index is 12.2. The number of alkyl halides is 1. The zero-order valence-electron chi connectivity index (χ0n) is 16.6. The molecular weight excluding hydrogens is 420 g/mol. The largest absolute Gasteiger partial charge is 0.493 e. The maximum absolute atomic E-state index is 12.2. The number of carbonyl (C=O) groups excluding carboxylic acids is 2. The Balaban J connectivity index is 1.42. The molecule has 1 N–H and O–H groups in total. The predicted molar refractivity (Wildman–Crippen MR) is 113 cm³/mol. The lowest BCUT2D eigenvalue weighted by atomic mass is 10.0. The number of unbranched alkanes of at least 4 members (excludes halogenated alkanes) is 6. The average Bonchev–Trinajstić information content (AvgIpc) is 3.11. The summed E-state index contributed by atoms with van der Waals surface area (Å²) in [4.78, 5) is 25.7. The first-order chi connectivity index (χ1) is 13.7. The molecule has 1 aromatic rings. The van der Waals surface area contributed by atoms with E-state index >= 15 is 0 Å². The fourth-order valence-corrected chi connectivity index (χ4v) is 4.46. The molecule has 1 unspecified atom stereocenters. The van der Waals surface area contributed by atoms with Crippen LogP contribution in [-0.2, 0) is 22.7 Å². The van der Waals surface area contributed by atoms with Gasteiger partial charge in [0.1, 0.15) is 5.75 Å². The molecule has 1 atom stereocenters. The van der Waals surface area contributed by atoms with Gasteiger partial charge in [0.05, 0.1) is 12.6 Å². The van der Waals surface area contributed by atoms with Gasteiger partial charge in [-0.15, -0.1) is 0 Å². The zero-order valence-corrected chi connectivity index (χ0v) is 18.1. The molecule has 0 aromatic heterocycles. The van der Waals surface area contributed by atoms with E-state index in [9.17, 15) is 9.59 Å². The van der Waals surface area contributed by atoms with Crippen molar-refractivity contribution in [3.8, 4) is 5.75 Å². The molecule has 28 heavy (non-hydrogen) atoms. The van der Waals surface area contributed by atoms with Gasteiger partial charge in [0.2, 0.25) is 11.8 Å². The van der Waals surface area contributed by atoms with Gasteiger partial charge in [-0.05, 0) is 30.9 Å². The second-order valence-electron chi connectivity index (χ2n) is 7.78. The summed E-state index contributed by atoms with van der Waals surface area (Å²) in [6.45, 7) is 2.20. The van der Waals surface area contributed by atoms with Crippen molar-refractivity contribution in [2.45, 2.75) is 76.9 Å². The van der Waals surface area contributed by atoms with Gasteiger partial charge in [-0.2, -0.15) is 0 Å². The molecule has 6 heteroatoms. The number of piperidine rings is 1. The van der Waals surface area contributed by atoms with E-state index in [2.05, 4.69) is 32.2 Å². The van der Waals surface area contributed by atoms with Gasteiger partial charge in [-0.1, -0.05) is 60.2 Å². The van der Waals surface area contributed by atoms with Gasteiger partial charge < -0.3 is 4.74 Å². The first-order valence-corrected chi connectivity index (χ1v) is 11.7. The summed E-state index contributed by atoms with van der Waals surface area (Å²) in [5.74, 6) is 0.623. The van der Waals surface area contributed by atoms with Gasteiger partial charge in [0.15, 0.2) is 0 Å². The predicted octanol–water partition coefficient (Wildman–Crippen LogP) is 4.31. The van der Waals surface area contributed by atoms with Crippen LogP contribution in [0, 0.1) is 0 Å². The first kappa shape index (κ1) is 21.3. The van der Waals surface area contributed by atoms with Gasteiger partial charge in [-0.3, -0.25) is 19.8 Å². The third kappa shape index (κ3) is 5.80. The highest BCUT2D eigenvalue weighted by molar-refractivity contribution is 9.09. The number of fused-ring (bicyclic) bond motifs is 1. The average molecular weight is 451 g/mol. The molecule has 1 aromatic carbocycles. The van der Waals surface area contributed by atoms with Gasteiger partial charge in [-0.25, -0.2) is 0 Å². The molecule has 154 valence electrons. The van der Waals surface area contributed by atoms with Crippen LogP contribution in [0.15, 0.2) is 18.2 Å². The van der Waals surface area contributed by atoms with E-state index in [-0.39, 0.29) is 17.9 Å². The van der Waals surface area contributed by atoms with E-state index in [1.165, 1.54) is 49.7 Å². The van der Waals surface area contributed by atoms with Crippen LogP contribution in [0.1, 0.15) is 68.9 Å². The Morgan fingerprint density at radius 3 is 2.54 bits per heavy atom. The van der Waals surface area contributed by atoms with E-state index in [1.807, 2.05) is 12.1 Å². The molecule has 2 amide bonds. The lowest BCUT2D eigenvalue weighted by Gasteiger charge is -2.29. The minimum absolute atomic E-state index is 0.162. The van der Waals surface area contributed by atoms with Crippen molar-refractivity contribution < 1.29 is 14.3 Å². The second kappa shape index (κ2) is 11.0. The summed E-state index contributed by atoms with van der Waals surface area (Å²) in [6, 6.07) is 5.96. The van der Waals surface area contributed by atoms with Crippen LogP contribution in [0.3, 0.4) is 0 Å². The lowest BCUT2D eigenvalue weighted by molar-refractivity contribution is -0.137. The van der Waals surface area contributed by atoms with Crippen molar-refractivity contribution >= 4 is 27.7 Å². The van der Waals surface area contributed by atoms with E-state index in [1.54, 1.807) is 0 Å². The minimum Gasteiger partial charge on any atom is -0.493 e. The van der Waals surface area contributed by atoms with Crippen LogP contribution in [0.25, 0.3) is 0 Å². The molecule has 0 radical (unpaired) electrons. The first-order valence-electron chi connectivity index (χ1n) is 10.6. The highest BCUT2D eigenvalue weighted by Crippen LogP contribution is 2.33. The smallest absolute Gasteiger partial charge is 0.243 e. The number of halogens is 1. The van der Waals surface area contributed by atoms with Crippen molar-refractivity contribution in [3.05, 3.63) is 29.3 Å². The third-order valence-electron chi connectivity index (χ3n) is 5.65. The Morgan fingerprint density at radius 2 is 1.79 bits per heavy atom. The van der Waals surface area contributed by atoms with E-state index in [4.69, 9.17) is 4.74 Å². The highest BCUT2D eigenvalue weighted by Gasteiger charge is 2.35. The SMILES string of the molecule is O=C1CCC(N2Cc3cccc(OCCCCCCCCCBr)c3C2)C(=O)N1. The zero-order chi connectivity index (χ0) is 19.8. The van der Waals surface area contributed by atoms with Crippen LogP contribution in [0.2, 0.25) is 0 Å². The molecule has 2 aliphatic rings. The number of nitrogens with one attached hydrogen (secondary N) is 1. The van der Waals surface area contributed by atoms with E-state index in [0.29, 0.717) is 19.4 Å².